The molecule has 1 unspecified atom stereocenters. The summed E-state index contributed by atoms with van der Waals surface area (Å²) in [6.45, 7) is 8.99. The van der Waals surface area contributed by atoms with Crippen LogP contribution in [-0.4, -0.2) is 42.4 Å². The maximum absolute atomic E-state index is 12.7. The second-order valence-electron chi connectivity index (χ2n) is 7.64. The van der Waals surface area contributed by atoms with Gasteiger partial charge in [0.05, 0.1) is 31.2 Å². The van der Waals surface area contributed by atoms with E-state index >= 15 is 0 Å². The molecule has 0 saturated carbocycles. The number of ether oxygens (including phenoxy) is 3. The van der Waals surface area contributed by atoms with E-state index in [0.717, 1.165) is 0 Å². The van der Waals surface area contributed by atoms with Crippen LogP contribution in [0.25, 0.3) is 17.0 Å². The van der Waals surface area contributed by atoms with E-state index in [1.807, 2.05) is 12.1 Å². The van der Waals surface area contributed by atoms with Crippen molar-refractivity contribution in [2.45, 2.75) is 32.8 Å². The van der Waals surface area contributed by atoms with Crippen LogP contribution in [0.2, 0.25) is 0 Å². The van der Waals surface area contributed by atoms with Gasteiger partial charge in [0.15, 0.2) is 0 Å². The van der Waals surface area contributed by atoms with Gasteiger partial charge in [-0.2, -0.15) is 0 Å². The number of para-hydroxylation sites is 1. The first-order valence-electron chi connectivity index (χ1n) is 9.45. The number of esters is 2. The van der Waals surface area contributed by atoms with E-state index in [1.54, 1.807) is 45.2 Å². The number of benzene rings is 1. The van der Waals surface area contributed by atoms with Gasteiger partial charge in [-0.25, -0.2) is 9.59 Å². The van der Waals surface area contributed by atoms with Crippen LogP contribution in [0, 0.1) is 5.92 Å². The number of allylic oxidation sites excluding steroid dienone is 1. The van der Waals surface area contributed by atoms with Crippen LogP contribution in [-0.2, 0) is 23.8 Å². The topological polar surface area (TPSA) is 83.8 Å². The Morgan fingerprint density at radius 1 is 1.13 bits per heavy atom. The largest absolute Gasteiger partial charge is 0.469 e. The van der Waals surface area contributed by atoms with Crippen LogP contribution < -0.4 is 0 Å². The van der Waals surface area contributed by atoms with E-state index in [4.69, 9.17) is 14.2 Å². The van der Waals surface area contributed by atoms with Gasteiger partial charge >= 0.3 is 18.0 Å². The lowest BCUT2D eigenvalue weighted by molar-refractivity contribution is -0.147. The molecule has 0 aliphatic carbocycles. The molecule has 1 aromatic heterocycles. The Labute approximate surface area is 175 Å². The molecule has 0 bridgehead atoms. The fourth-order valence-electron chi connectivity index (χ4n) is 3.03. The third kappa shape index (κ3) is 5.17. The molecular weight excluding hydrogens is 386 g/mol. The molecule has 0 radical (unpaired) electrons. The molecule has 1 aromatic carbocycles. The minimum Gasteiger partial charge on any atom is -0.469 e. The summed E-state index contributed by atoms with van der Waals surface area (Å²) in [6.07, 6.45) is 4.29. The number of aromatic nitrogens is 1. The lowest BCUT2D eigenvalue weighted by atomic mass is 9.93. The SMILES string of the molecule is C=CCC(C(=O)OC)/C(=C/c1cn(C(=O)OC(C)(C)C)c2ccccc12)C(=O)OC. The van der Waals surface area contributed by atoms with Crippen LogP contribution in [0.15, 0.2) is 48.7 Å². The van der Waals surface area contributed by atoms with E-state index in [-0.39, 0.29) is 12.0 Å². The number of rotatable bonds is 6. The molecule has 0 saturated heterocycles. The predicted octanol–water partition coefficient (Wildman–Crippen LogP) is 4.35. The Hall–Kier alpha value is -3.35. The molecule has 2 rings (SSSR count). The second kappa shape index (κ2) is 9.43. The molecule has 7 heteroatoms. The molecule has 160 valence electrons. The molecule has 1 heterocycles. The molecule has 1 atom stereocenters. The molecule has 30 heavy (non-hydrogen) atoms. The summed E-state index contributed by atoms with van der Waals surface area (Å²) < 4.78 is 16.6. The molecule has 0 fully saturated rings. The van der Waals surface area contributed by atoms with Gasteiger partial charge in [-0.3, -0.25) is 9.36 Å². The van der Waals surface area contributed by atoms with Gasteiger partial charge < -0.3 is 14.2 Å². The zero-order chi connectivity index (χ0) is 22.5. The van der Waals surface area contributed by atoms with Crippen LogP contribution in [0.3, 0.4) is 0 Å². The monoisotopic (exact) mass is 413 g/mol. The van der Waals surface area contributed by atoms with Gasteiger partial charge in [-0.1, -0.05) is 24.3 Å². The van der Waals surface area contributed by atoms with Crippen molar-refractivity contribution in [1.82, 2.24) is 4.57 Å². The number of carbonyl (C=O) groups is 3. The first-order chi connectivity index (χ1) is 14.1. The summed E-state index contributed by atoms with van der Waals surface area (Å²) in [4.78, 5) is 37.5. The number of nitrogens with zero attached hydrogens (tertiary/aromatic N) is 1. The van der Waals surface area contributed by atoms with Crippen molar-refractivity contribution in [2.75, 3.05) is 14.2 Å². The number of hydrogen-bond donors (Lipinski definition) is 0. The molecule has 7 nitrogen and oxygen atoms in total. The highest BCUT2D eigenvalue weighted by Crippen LogP contribution is 2.28. The summed E-state index contributed by atoms with van der Waals surface area (Å²) >= 11 is 0. The zero-order valence-corrected chi connectivity index (χ0v) is 17.9. The fraction of sp³-hybridized carbons (Fsp3) is 0.348. The summed E-state index contributed by atoms with van der Waals surface area (Å²) in [6, 6.07) is 7.21. The van der Waals surface area contributed by atoms with Crippen LogP contribution >= 0.6 is 0 Å². The summed E-state index contributed by atoms with van der Waals surface area (Å²) in [5, 5.41) is 0.715. The first kappa shape index (κ1) is 22.9. The van der Waals surface area contributed by atoms with E-state index in [2.05, 4.69) is 6.58 Å². The molecule has 2 aromatic rings. The van der Waals surface area contributed by atoms with Crippen LogP contribution in [0.1, 0.15) is 32.8 Å². The molecule has 0 aliphatic rings. The van der Waals surface area contributed by atoms with E-state index in [9.17, 15) is 14.4 Å². The van der Waals surface area contributed by atoms with Crippen molar-refractivity contribution in [3.63, 3.8) is 0 Å². The number of hydrogen-bond acceptors (Lipinski definition) is 6. The molecular formula is C23H27NO6. The minimum absolute atomic E-state index is 0.108. The Bertz CT molecular complexity index is 993. The lowest BCUT2D eigenvalue weighted by Gasteiger charge is -2.19. The van der Waals surface area contributed by atoms with Gasteiger partial charge in [0.25, 0.3) is 0 Å². The van der Waals surface area contributed by atoms with E-state index in [0.29, 0.717) is 16.5 Å². The highest BCUT2D eigenvalue weighted by Gasteiger charge is 2.29. The van der Waals surface area contributed by atoms with Crippen molar-refractivity contribution in [3.8, 4) is 0 Å². The van der Waals surface area contributed by atoms with Gasteiger partial charge in [-0.05, 0) is 39.3 Å². The second-order valence-corrected chi connectivity index (χ2v) is 7.64. The fourth-order valence-corrected chi connectivity index (χ4v) is 3.03. The molecule has 0 N–H and O–H groups in total. The summed E-state index contributed by atoms with van der Waals surface area (Å²) in [5.41, 5.74) is 0.613. The minimum atomic E-state index is -0.886. The van der Waals surface area contributed by atoms with Crippen LogP contribution in [0.4, 0.5) is 4.79 Å². The van der Waals surface area contributed by atoms with Crippen molar-refractivity contribution in [3.05, 3.63) is 54.3 Å². The average Bonchev–Trinajstić information content (AvgIpc) is 3.07. The smallest absolute Gasteiger partial charge is 0.419 e. The zero-order valence-electron chi connectivity index (χ0n) is 17.9. The van der Waals surface area contributed by atoms with Crippen molar-refractivity contribution < 1.29 is 28.6 Å². The Kier molecular flexibility index (Phi) is 7.21. The third-order valence-electron chi connectivity index (χ3n) is 4.33. The van der Waals surface area contributed by atoms with Crippen molar-refractivity contribution in [1.29, 1.82) is 0 Å². The maximum atomic E-state index is 12.7. The molecule has 0 amide bonds. The number of methoxy groups -OCH3 is 2. The third-order valence-corrected chi connectivity index (χ3v) is 4.33. The summed E-state index contributed by atoms with van der Waals surface area (Å²) in [7, 11) is 2.49. The van der Waals surface area contributed by atoms with Gasteiger partial charge in [0, 0.05) is 17.1 Å². The highest BCUT2D eigenvalue weighted by molar-refractivity contribution is 6.03. The number of fused-ring (bicyclic) bond motifs is 1. The van der Waals surface area contributed by atoms with Crippen molar-refractivity contribution in [2.24, 2.45) is 5.92 Å². The average molecular weight is 413 g/mol. The van der Waals surface area contributed by atoms with E-state index in [1.165, 1.54) is 24.9 Å². The quantitative estimate of drug-likeness (QED) is 0.303. The Balaban J connectivity index is 2.67. The molecule has 0 spiro atoms. The lowest BCUT2D eigenvalue weighted by Crippen LogP contribution is -2.26. The Morgan fingerprint density at radius 3 is 2.37 bits per heavy atom. The normalized spacial score (nSPS) is 12.9. The van der Waals surface area contributed by atoms with Crippen molar-refractivity contribution >= 4 is 35.0 Å². The Morgan fingerprint density at radius 2 is 1.80 bits per heavy atom. The predicted molar refractivity (Wildman–Crippen MR) is 114 cm³/mol. The van der Waals surface area contributed by atoms with Crippen LogP contribution in [0.5, 0.6) is 0 Å². The number of carbonyl (C=O) groups excluding carboxylic acids is 3. The van der Waals surface area contributed by atoms with E-state index < -0.39 is 29.6 Å². The van der Waals surface area contributed by atoms with Gasteiger partial charge in [0.1, 0.15) is 5.60 Å². The standard InChI is InChI=1S/C23H27NO6/c1-7-10-17(20(25)28-5)18(21(26)29-6)13-15-14-24(22(27)30-23(2,3)4)19-12-9-8-11-16(15)19/h7-9,11-14,17H,1,10H2,2-6H3/b18-13-. The maximum Gasteiger partial charge on any atom is 0.419 e. The highest BCUT2D eigenvalue weighted by atomic mass is 16.6. The summed E-state index contributed by atoms with van der Waals surface area (Å²) in [5.74, 6) is -2.13. The molecule has 0 aliphatic heterocycles. The van der Waals surface area contributed by atoms with Gasteiger partial charge in [0.2, 0.25) is 0 Å². The first-order valence-corrected chi connectivity index (χ1v) is 9.45. The van der Waals surface area contributed by atoms with Gasteiger partial charge in [-0.15, -0.1) is 6.58 Å².